The van der Waals surface area contributed by atoms with Crippen molar-refractivity contribution < 1.29 is 9.52 Å². The minimum absolute atomic E-state index is 0.0309. The van der Waals surface area contributed by atoms with Crippen LogP contribution in [-0.2, 0) is 13.1 Å². The van der Waals surface area contributed by atoms with Crippen molar-refractivity contribution in [2.45, 2.75) is 20.0 Å². The van der Waals surface area contributed by atoms with Gasteiger partial charge in [-0.15, -0.1) is 10.2 Å². The zero-order valence-electron chi connectivity index (χ0n) is 12.2. The molecular weight excluding hydrogens is 286 g/mol. The molecule has 1 N–H and O–H groups in total. The monoisotopic (exact) mass is 301 g/mol. The van der Waals surface area contributed by atoms with Crippen LogP contribution in [0.15, 0.2) is 33.6 Å². The van der Waals surface area contributed by atoms with Crippen LogP contribution in [0.5, 0.6) is 5.75 Å². The summed E-state index contributed by atoms with van der Waals surface area (Å²) in [5.74, 6) is 0.979. The fourth-order valence-electron chi connectivity index (χ4n) is 2.20. The topological polar surface area (TPSA) is 96.8 Å². The Morgan fingerprint density at radius 2 is 2.18 bits per heavy atom. The molecule has 0 aliphatic rings. The van der Waals surface area contributed by atoms with Gasteiger partial charge in [0.25, 0.3) is 5.56 Å². The van der Waals surface area contributed by atoms with Gasteiger partial charge in [0.1, 0.15) is 0 Å². The summed E-state index contributed by atoms with van der Waals surface area (Å²) in [6.07, 6.45) is 1.57. The van der Waals surface area contributed by atoms with Crippen molar-refractivity contribution in [3.63, 3.8) is 0 Å². The molecule has 8 nitrogen and oxygen atoms in total. The molecule has 0 saturated carbocycles. The van der Waals surface area contributed by atoms with E-state index in [1.165, 1.54) is 16.5 Å². The summed E-state index contributed by atoms with van der Waals surface area (Å²) >= 11 is 0. The Kier molecular flexibility index (Phi) is 3.60. The Balaban J connectivity index is 1.84. The summed E-state index contributed by atoms with van der Waals surface area (Å²) in [4.78, 5) is 18.3. The third-order valence-electron chi connectivity index (χ3n) is 3.13. The van der Waals surface area contributed by atoms with Crippen LogP contribution in [0, 0.1) is 6.92 Å². The number of aromatic nitrogens is 4. The maximum atomic E-state index is 12.0. The lowest BCUT2D eigenvalue weighted by Gasteiger charge is -2.14. The highest BCUT2D eigenvalue weighted by molar-refractivity contribution is 5.52. The van der Waals surface area contributed by atoms with Gasteiger partial charge in [0.15, 0.2) is 11.4 Å². The normalized spacial score (nSPS) is 11.4. The van der Waals surface area contributed by atoms with Gasteiger partial charge in [0.05, 0.1) is 12.2 Å². The van der Waals surface area contributed by atoms with E-state index in [4.69, 9.17) is 4.42 Å². The van der Waals surface area contributed by atoms with Gasteiger partial charge in [-0.25, -0.2) is 4.98 Å². The van der Waals surface area contributed by atoms with Crippen molar-refractivity contribution in [3.05, 3.63) is 52.2 Å². The smallest absolute Gasteiger partial charge is 0.258 e. The molecule has 0 saturated heterocycles. The van der Waals surface area contributed by atoms with Crippen molar-refractivity contribution in [3.8, 4) is 5.75 Å². The predicted molar refractivity (Wildman–Crippen MR) is 77.3 cm³/mol. The van der Waals surface area contributed by atoms with E-state index in [1.807, 2.05) is 11.9 Å². The molecule has 0 fully saturated rings. The first-order valence-corrected chi connectivity index (χ1v) is 6.71. The number of aromatic hydroxyl groups is 1. The van der Waals surface area contributed by atoms with E-state index in [0.29, 0.717) is 30.6 Å². The van der Waals surface area contributed by atoms with Crippen LogP contribution in [0.4, 0.5) is 0 Å². The molecule has 0 spiro atoms. The number of pyridine rings is 1. The Morgan fingerprint density at radius 1 is 1.36 bits per heavy atom. The van der Waals surface area contributed by atoms with Crippen LogP contribution in [0.1, 0.15) is 17.5 Å². The fourth-order valence-corrected chi connectivity index (χ4v) is 2.20. The quantitative estimate of drug-likeness (QED) is 0.758. The molecule has 8 heteroatoms. The third-order valence-corrected chi connectivity index (χ3v) is 3.13. The molecule has 0 aromatic carbocycles. The van der Waals surface area contributed by atoms with Gasteiger partial charge in [-0.2, -0.15) is 0 Å². The maximum Gasteiger partial charge on any atom is 0.258 e. The number of aryl methyl sites for hydroxylation is 1. The first kappa shape index (κ1) is 14.2. The molecule has 3 aromatic rings. The molecule has 0 aliphatic carbocycles. The highest BCUT2D eigenvalue weighted by Crippen LogP contribution is 2.14. The van der Waals surface area contributed by atoms with Crippen LogP contribution in [0.3, 0.4) is 0 Å². The second kappa shape index (κ2) is 5.57. The molecule has 3 aromatic heterocycles. The van der Waals surface area contributed by atoms with Crippen molar-refractivity contribution in [1.82, 2.24) is 24.5 Å². The first-order valence-electron chi connectivity index (χ1n) is 6.71. The zero-order chi connectivity index (χ0) is 15.7. The van der Waals surface area contributed by atoms with E-state index >= 15 is 0 Å². The summed E-state index contributed by atoms with van der Waals surface area (Å²) in [6.45, 7) is 2.59. The average molecular weight is 301 g/mol. The largest absolute Gasteiger partial charge is 0.504 e. The summed E-state index contributed by atoms with van der Waals surface area (Å²) < 4.78 is 6.62. The van der Waals surface area contributed by atoms with Crippen LogP contribution < -0.4 is 5.56 Å². The van der Waals surface area contributed by atoms with Crippen LogP contribution in [0.2, 0.25) is 0 Å². The molecule has 3 heterocycles. The minimum atomic E-state index is -0.238. The molecule has 0 radical (unpaired) electrons. The lowest BCUT2D eigenvalue weighted by Crippen LogP contribution is -2.22. The number of hydrogen-bond acceptors (Lipinski definition) is 7. The summed E-state index contributed by atoms with van der Waals surface area (Å²) in [7, 11) is 1.86. The predicted octanol–water partition coefficient (Wildman–Crippen LogP) is 0.724. The lowest BCUT2D eigenvalue weighted by atomic mass is 10.3. The molecule has 0 unspecified atom stereocenters. The summed E-state index contributed by atoms with van der Waals surface area (Å²) in [5, 5.41) is 17.5. The number of hydrogen-bond donors (Lipinski definition) is 1. The van der Waals surface area contributed by atoms with Crippen LogP contribution in [0.25, 0.3) is 5.65 Å². The van der Waals surface area contributed by atoms with E-state index < -0.39 is 0 Å². The summed E-state index contributed by atoms with van der Waals surface area (Å²) in [6, 6.07) is 4.54. The van der Waals surface area contributed by atoms with E-state index in [0.717, 1.165) is 0 Å². The second-order valence-electron chi connectivity index (χ2n) is 5.06. The third kappa shape index (κ3) is 2.82. The van der Waals surface area contributed by atoms with Gasteiger partial charge in [0, 0.05) is 25.7 Å². The molecule has 22 heavy (non-hydrogen) atoms. The number of nitrogens with zero attached hydrogens (tertiary/aromatic N) is 5. The van der Waals surface area contributed by atoms with Crippen molar-refractivity contribution in [1.29, 1.82) is 0 Å². The molecular formula is C14H15N5O3. The molecule has 0 atom stereocenters. The maximum absolute atomic E-state index is 12.0. The van der Waals surface area contributed by atoms with E-state index in [9.17, 15) is 9.90 Å². The van der Waals surface area contributed by atoms with Gasteiger partial charge < -0.3 is 9.52 Å². The average Bonchev–Trinajstić information content (AvgIpc) is 2.85. The van der Waals surface area contributed by atoms with E-state index in [2.05, 4.69) is 15.2 Å². The minimum Gasteiger partial charge on any atom is -0.504 e. The Labute approximate surface area is 125 Å². The van der Waals surface area contributed by atoms with Crippen LogP contribution in [-0.4, -0.2) is 36.6 Å². The standard InChI is InChI=1S/C14H15N5O3/c1-9-16-17-12(22-9)8-18(2)7-10-6-13(21)19-5-3-4-11(20)14(19)15-10/h3-6,20H,7-8H2,1-2H3. The summed E-state index contributed by atoms with van der Waals surface area (Å²) in [5.41, 5.74) is 0.565. The van der Waals surface area contributed by atoms with E-state index in [1.54, 1.807) is 19.2 Å². The molecule has 3 rings (SSSR count). The van der Waals surface area contributed by atoms with Gasteiger partial charge in [-0.05, 0) is 19.2 Å². The van der Waals surface area contributed by atoms with Crippen molar-refractivity contribution in [2.75, 3.05) is 7.05 Å². The first-order chi connectivity index (χ1) is 10.5. The molecule has 0 amide bonds. The Morgan fingerprint density at radius 3 is 2.91 bits per heavy atom. The number of rotatable bonds is 4. The van der Waals surface area contributed by atoms with Crippen molar-refractivity contribution in [2.24, 2.45) is 0 Å². The van der Waals surface area contributed by atoms with Gasteiger partial charge in [0.2, 0.25) is 11.8 Å². The molecule has 114 valence electrons. The van der Waals surface area contributed by atoms with Crippen molar-refractivity contribution >= 4 is 5.65 Å². The number of fused-ring (bicyclic) bond motifs is 1. The molecule has 0 bridgehead atoms. The fraction of sp³-hybridized carbons (Fsp3) is 0.286. The Bertz CT molecular complexity index is 870. The van der Waals surface area contributed by atoms with Gasteiger partial charge in [-0.1, -0.05) is 0 Å². The second-order valence-corrected chi connectivity index (χ2v) is 5.06. The Hall–Kier alpha value is -2.74. The molecule has 0 aliphatic heterocycles. The highest BCUT2D eigenvalue weighted by Gasteiger charge is 2.11. The van der Waals surface area contributed by atoms with E-state index in [-0.39, 0.29) is 17.0 Å². The van der Waals surface area contributed by atoms with Gasteiger partial charge in [-0.3, -0.25) is 14.1 Å². The lowest BCUT2D eigenvalue weighted by molar-refractivity contribution is 0.276. The zero-order valence-corrected chi connectivity index (χ0v) is 12.2. The highest BCUT2D eigenvalue weighted by atomic mass is 16.4. The van der Waals surface area contributed by atoms with Gasteiger partial charge >= 0.3 is 0 Å². The van der Waals surface area contributed by atoms with Crippen LogP contribution >= 0.6 is 0 Å². The SMILES string of the molecule is Cc1nnc(CN(C)Cc2cc(=O)n3cccc(O)c3n2)o1.